The Morgan fingerprint density at radius 2 is 1.67 bits per heavy atom. The highest BCUT2D eigenvalue weighted by atomic mass is 32.3. The number of carbonyl (C=O) groups is 1. The fourth-order valence-corrected chi connectivity index (χ4v) is 7.52. The molecule has 1 aromatic carbocycles. The Hall–Kier alpha value is -5.26. The van der Waals surface area contributed by atoms with Crippen molar-refractivity contribution in [1.29, 1.82) is 0 Å². The van der Waals surface area contributed by atoms with Crippen molar-refractivity contribution >= 4 is 53.6 Å². The minimum atomic E-state index is -4.21. The monoisotopic (exact) mass is 650 g/mol. The number of aromatic hydroxyl groups is 1. The Labute approximate surface area is 255 Å². The van der Waals surface area contributed by atoms with Gasteiger partial charge < -0.3 is 15.4 Å². The Balaban J connectivity index is 1.32. The highest BCUT2D eigenvalue weighted by molar-refractivity contribution is 8.03. The predicted octanol–water partition coefficient (Wildman–Crippen LogP) is 3.23. The summed E-state index contributed by atoms with van der Waals surface area (Å²) in [6, 6.07) is 10.7. The van der Waals surface area contributed by atoms with Crippen LogP contribution >= 0.6 is 0 Å². The summed E-state index contributed by atoms with van der Waals surface area (Å²) in [6.45, 7) is -0.935. The molecule has 0 aliphatic rings. The Morgan fingerprint density at radius 1 is 0.911 bits per heavy atom. The molecule has 0 bridgehead atoms. The number of carbonyl (C=O) groups excluding carboxylic acids is 1. The largest absolute Gasteiger partial charge is 0.508 e. The summed E-state index contributed by atoms with van der Waals surface area (Å²) in [5.74, 6) is -1.70. The second-order valence-corrected chi connectivity index (χ2v) is 14.2. The van der Waals surface area contributed by atoms with Crippen molar-refractivity contribution in [2.75, 3.05) is 24.4 Å². The molecule has 4 N–H and O–H groups in total. The van der Waals surface area contributed by atoms with Crippen LogP contribution < -0.4 is 5.32 Å². The SMILES string of the molecule is CS(=O)(=O)N(CC(=O)Nc1cncc(-c2cnc3[nH]nc(-c4cc5c(-c6cc(O)cc(F)c6)nccc5[nH]4)c3c2)c1)S(C)(=O)=O. The molecule has 0 fully saturated rings. The molecule has 0 radical (unpaired) electrons. The van der Waals surface area contributed by atoms with E-state index in [4.69, 9.17) is 0 Å². The first-order chi connectivity index (χ1) is 21.3. The van der Waals surface area contributed by atoms with E-state index in [9.17, 15) is 31.1 Å². The highest BCUT2D eigenvalue weighted by Crippen LogP contribution is 2.35. The lowest BCUT2D eigenvalue weighted by molar-refractivity contribution is -0.115. The second-order valence-electron chi connectivity index (χ2n) is 10.2. The lowest BCUT2D eigenvalue weighted by atomic mass is 10.1. The number of nitrogens with one attached hydrogen (secondary N) is 3. The first-order valence-electron chi connectivity index (χ1n) is 13.0. The minimum absolute atomic E-state index is 0.107. The number of sulfonamides is 2. The standard InChI is InChI=1S/C28H23FN8O6S2/c1-44(40,41)37(45(2,42)43)14-25(39)33-19-6-16(11-30-13-19)17-8-22-27(35-36-28(22)32-12-17)24-10-21-23(34-24)3-4-31-26(21)15-5-18(29)9-20(38)7-15/h3-13,34,38H,14H2,1-2H3,(H,33,39)(H,32,35,36). The third-order valence-electron chi connectivity index (χ3n) is 6.74. The van der Waals surface area contributed by atoms with E-state index >= 15 is 0 Å². The summed E-state index contributed by atoms with van der Waals surface area (Å²) in [4.78, 5) is 28.9. The smallest absolute Gasteiger partial charge is 0.240 e. The van der Waals surface area contributed by atoms with Crippen LogP contribution in [0.1, 0.15) is 0 Å². The van der Waals surface area contributed by atoms with Gasteiger partial charge in [0.05, 0.1) is 35.8 Å². The molecule has 230 valence electrons. The van der Waals surface area contributed by atoms with Gasteiger partial charge in [0.25, 0.3) is 0 Å². The van der Waals surface area contributed by atoms with Crippen molar-refractivity contribution in [3.05, 3.63) is 73.1 Å². The van der Waals surface area contributed by atoms with Crippen molar-refractivity contribution in [2.24, 2.45) is 0 Å². The van der Waals surface area contributed by atoms with E-state index in [2.05, 4.69) is 35.5 Å². The van der Waals surface area contributed by atoms with Crippen LogP contribution in [-0.4, -0.2) is 80.7 Å². The van der Waals surface area contributed by atoms with Gasteiger partial charge in [-0.3, -0.25) is 19.9 Å². The number of anilines is 1. The number of hydrogen-bond donors (Lipinski definition) is 4. The summed E-state index contributed by atoms with van der Waals surface area (Å²) in [5.41, 5.74) is 4.56. The van der Waals surface area contributed by atoms with Gasteiger partial charge in [-0.2, -0.15) is 5.10 Å². The van der Waals surface area contributed by atoms with Gasteiger partial charge in [0.15, 0.2) is 5.65 Å². The zero-order valence-corrected chi connectivity index (χ0v) is 25.1. The molecule has 0 unspecified atom stereocenters. The van der Waals surface area contributed by atoms with E-state index in [0.717, 1.165) is 6.07 Å². The number of halogens is 1. The van der Waals surface area contributed by atoms with Gasteiger partial charge >= 0.3 is 0 Å². The Morgan fingerprint density at radius 3 is 2.40 bits per heavy atom. The fourth-order valence-electron chi connectivity index (χ4n) is 4.85. The molecule has 45 heavy (non-hydrogen) atoms. The summed E-state index contributed by atoms with van der Waals surface area (Å²) in [5, 5.41) is 21.0. The number of pyridine rings is 3. The number of nitrogens with zero attached hydrogens (tertiary/aromatic N) is 5. The number of phenols is 1. The first-order valence-corrected chi connectivity index (χ1v) is 16.7. The van der Waals surface area contributed by atoms with Gasteiger partial charge in [-0.05, 0) is 36.4 Å². The molecule has 6 aromatic rings. The van der Waals surface area contributed by atoms with Crippen LogP contribution in [0.5, 0.6) is 5.75 Å². The molecule has 5 heterocycles. The first kappa shape index (κ1) is 29.8. The second kappa shape index (κ2) is 11.0. The number of fused-ring (bicyclic) bond motifs is 2. The maximum atomic E-state index is 14.0. The average molecular weight is 651 g/mol. The topological polar surface area (TPSA) is 204 Å². The number of aromatic nitrogens is 6. The van der Waals surface area contributed by atoms with E-state index in [0.29, 0.717) is 68.2 Å². The van der Waals surface area contributed by atoms with Crippen molar-refractivity contribution in [1.82, 2.24) is 33.8 Å². The van der Waals surface area contributed by atoms with Crippen LogP contribution in [-0.2, 0) is 24.8 Å². The Bertz CT molecular complexity index is 2300. The molecule has 1 amide bonds. The number of aromatic amines is 2. The summed E-state index contributed by atoms with van der Waals surface area (Å²) in [6.07, 6.45) is 7.40. The molecule has 14 nitrogen and oxygen atoms in total. The fraction of sp³-hybridized carbons (Fsp3) is 0.107. The number of amides is 1. The van der Waals surface area contributed by atoms with Crippen LogP contribution in [0.3, 0.4) is 0 Å². The molecular weight excluding hydrogens is 627 g/mol. The van der Waals surface area contributed by atoms with Gasteiger partial charge in [0, 0.05) is 57.6 Å². The molecular formula is C28H23FN8O6S2. The average Bonchev–Trinajstić information content (AvgIpc) is 3.58. The van der Waals surface area contributed by atoms with Crippen LogP contribution in [0, 0.1) is 5.82 Å². The summed E-state index contributed by atoms with van der Waals surface area (Å²) in [7, 11) is -8.42. The van der Waals surface area contributed by atoms with Crippen molar-refractivity contribution < 1.29 is 31.1 Å². The van der Waals surface area contributed by atoms with Gasteiger partial charge in [-0.25, -0.2) is 26.2 Å². The van der Waals surface area contributed by atoms with E-state index in [1.165, 1.54) is 24.5 Å². The van der Waals surface area contributed by atoms with Gasteiger partial charge in [0.1, 0.15) is 23.8 Å². The third kappa shape index (κ3) is 6.08. The quantitative estimate of drug-likeness (QED) is 0.189. The maximum Gasteiger partial charge on any atom is 0.240 e. The minimum Gasteiger partial charge on any atom is -0.508 e. The van der Waals surface area contributed by atoms with Crippen LogP contribution in [0.25, 0.3) is 55.7 Å². The molecule has 0 spiro atoms. The molecule has 0 saturated heterocycles. The summed E-state index contributed by atoms with van der Waals surface area (Å²) >= 11 is 0. The van der Waals surface area contributed by atoms with E-state index in [1.54, 1.807) is 24.5 Å². The molecule has 0 aliphatic carbocycles. The number of benzene rings is 1. The number of phenolic OH excluding ortho intramolecular Hbond substituents is 1. The van der Waals surface area contributed by atoms with E-state index in [1.807, 2.05) is 12.1 Å². The van der Waals surface area contributed by atoms with Gasteiger partial charge in [-0.1, -0.05) is 3.71 Å². The lowest BCUT2D eigenvalue weighted by Crippen LogP contribution is -2.41. The normalized spacial score (nSPS) is 12.3. The maximum absolute atomic E-state index is 14.0. The van der Waals surface area contributed by atoms with Crippen LogP contribution in [0.15, 0.2) is 67.3 Å². The van der Waals surface area contributed by atoms with Crippen molar-refractivity contribution in [3.63, 3.8) is 0 Å². The van der Waals surface area contributed by atoms with Gasteiger partial charge in [0.2, 0.25) is 26.0 Å². The molecule has 0 saturated carbocycles. The zero-order chi connectivity index (χ0) is 32.1. The number of H-pyrrole nitrogens is 2. The zero-order valence-electron chi connectivity index (χ0n) is 23.5. The van der Waals surface area contributed by atoms with Gasteiger partial charge in [-0.15, -0.1) is 0 Å². The van der Waals surface area contributed by atoms with E-state index in [-0.39, 0.29) is 15.1 Å². The lowest BCUT2D eigenvalue weighted by Gasteiger charge is -2.17. The predicted molar refractivity (Wildman–Crippen MR) is 164 cm³/mol. The van der Waals surface area contributed by atoms with Crippen molar-refractivity contribution in [3.8, 4) is 39.5 Å². The van der Waals surface area contributed by atoms with Crippen LogP contribution in [0.2, 0.25) is 0 Å². The van der Waals surface area contributed by atoms with E-state index < -0.39 is 38.3 Å². The number of hydrogen-bond acceptors (Lipinski definition) is 10. The molecule has 17 heteroatoms. The molecule has 6 rings (SSSR count). The molecule has 5 aromatic heterocycles. The Kier molecular flexibility index (Phi) is 7.30. The highest BCUT2D eigenvalue weighted by Gasteiger charge is 2.29. The summed E-state index contributed by atoms with van der Waals surface area (Å²) < 4.78 is 61.7. The molecule has 0 atom stereocenters. The van der Waals surface area contributed by atoms with Crippen molar-refractivity contribution in [2.45, 2.75) is 0 Å². The van der Waals surface area contributed by atoms with Crippen LogP contribution in [0.4, 0.5) is 10.1 Å². The molecule has 0 aliphatic heterocycles. The third-order valence-corrected chi connectivity index (χ3v) is 10.1. The number of rotatable bonds is 8.